The molecule has 5 nitrogen and oxygen atoms in total. The first-order valence-electron chi connectivity index (χ1n) is 9.01. The van der Waals surface area contributed by atoms with Crippen molar-refractivity contribution < 1.29 is 19.4 Å². The molecule has 0 spiro atoms. The minimum atomic E-state index is -0.927. The molecule has 26 heavy (non-hydrogen) atoms. The fourth-order valence-corrected chi connectivity index (χ4v) is 4.82. The van der Waals surface area contributed by atoms with Gasteiger partial charge in [0.2, 0.25) is 0 Å². The van der Waals surface area contributed by atoms with Crippen molar-refractivity contribution in [2.24, 2.45) is 5.92 Å². The van der Waals surface area contributed by atoms with Crippen LogP contribution in [0.25, 0.3) is 11.1 Å². The fourth-order valence-electron chi connectivity index (χ4n) is 4.82. The molecule has 0 radical (unpaired) electrons. The normalized spacial score (nSPS) is 25.4. The van der Waals surface area contributed by atoms with Crippen LogP contribution in [0.4, 0.5) is 4.79 Å². The third-order valence-corrected chi connectivity index (χ3v) is 6.09. The SMILES string of the molecule is O=C(O)C1C2CC(C2)N1C(=O)OCC1c2ccccc2-c2ccccc21. The van der Waals surface area contributed by atoms with Crippen LogP contribution in [0.3, 0.4) is 0 Å². The molecule has 2 aliphatic heterocycles. The lowest BCUT2D eigenvalue weighted by Crippen LogP contribution is -2.42. The standard InChI is InChI=1S/C21H19NO4/c23-20(24)19-12-9-13(10-12)22(19)21(25)26-11-18-16-7-3-1-5-14(16)15-6-2-4-8-17(15)18/h1-8,12-13,18-19H,9-11H2,(H,23,24). The first-order chi connectivity index (χ1) is 12.6. The van der Waals surface area contributed by atoms with E-state index in [0.717, 1.165) is 24.0 Å². The van der Waals surface area contributed by atoms with Gasteiger partial charge in [-0.25, -0.2) is 9.59 Å². The molecule has 1 saturated carbocycles. The van der Waals surface area contributed by atoms with Crippen molar-refractivity contribution in [3.63, 3.8) is 0 Å². The van der Waals surface area contributed by atoms with Crippen molar-refractivity contribution in [1.82, 2.24) is 4.90 Å². The quantitative estimate of drug-likeness (QED) is 0.921. The highest BCUT2D eigenvalue weighted by molar-refractivity contribution is 5.83. The summed E-state index contributed by atoms with van der Waals surface area (Å²) in [6.07, 6.45) is 1.06. The van der Waals surface area contributed by atoms with Crippen LogP contribution in [0.1, 0.15) is 29.9 Å². The summed E-state index contributed by atoms with van der Waals surface area (Å²) in [7, 11) is 0. The molecule has 3 fully saturated rings. The average molecular weight is 349 g/mol. The Morgan fingerprint density at radius 1 is 1.00 bits per heavy atom. The summed E-state index contributed by atoms with van der Waals surface area (Å²) in [4.78, 5) is 25.6. The Morgan fingerprint density at radius 3 is 2.15 bits per heavy atom. The van der Waals surface area contributed by atoms with E-state index in [9.17, 15) is 14.7 Å². The predicted octanol–water partition coefficient (Wildman–Crippen LogP) is 3.48. The third kappa shape index (κ3) is 2.09. The Hall–Kier alpha value is -2.82. The van der Waals surface area contributed by atoms with Crippen LogP contribution in [-0.4, -0.2) is 40.8 Å². The van der Waals surface area contributed by atoms with E-state index in [2.05, 4.69) is 24.3 Å². The van der Waals surface area contributed by atoms with Gasteiger partial charge < -0.3 is 9.84 Å². The second-order valence-corrected chi connectivity index (χ2v) is 7.38. The smallest absolute Gasteiger partial charge is 0.410 e. The van der Waals surface area contributed by atoms with Gasteiger partial charge in [0, 0.05) is 12.0 Å². The number of carboxylic acids is 1. The summed E-state index contributed by atoms with van der Waals surface area (Å²) >= 11 is 0. The van der Waals surface area contributed by atoms with E-state index in [4.69, 9.17) is 4.74 Å². The van der Waals surface area contributed by atoms with Crippen molar-refractivity contribution in [2.75, 3.05) is 6.61 Å². The number of ether oxygens (including phenoxy) is 1. The number of rotatable bonds is 3. The van der Waals surface area contributed by atoms with Crippen LogP contribution in [0, 0.1) is 5.92 Å². The van der Waals surface area contributed by atoms with Crippen LogP contribution in [0.15, 0.2) is 48.5 Å². The molecule has 2 heterocycles. The number of aliphatic carboxylic acids is 1. The second kappa shape index (κ2) is 5.59. The monoisotopic (exact) mass is 349 g/mol. The molecule has 1 amide bonds. The maximum absolute atomic E-state index is 12.6. The van der Waals surface area contributed by atoms with Crippen LogP contribution >= 0.6 is 0 Å². The Kier molecular flexibility index (Phi) is 3.32. The molecule has 6 rings (SSSR count). The van der Waals surface area contributed by atoms with E-state index in [1.807, 2.05) is 24.3 Å². The molecule has 2 aliphatic carbocycles. The van der Waals surface area contributed by atoms with E-state index in [0.29, 0.717) is 0 Å². The van der Waals surface area contributed by atoms with Gasteiger partial charge in [0.15, 0.2) is 0 Å². The molecule has 2 saturated heterocycles. The summed E-state index contributed by atoms with van der Waals surface area (Å²) in [5.41, 5.74) is 4.66. The van der Waals surface area contributed by atoms with E-state index in [1.54, 1.807) is 0 Å². The Labute approximate surface area is 151 Å². The highest BCUT2D eigenvalue weighted by Gasteiger charge is 2.56. The molecule has 0 aromatic heterocycles. The fraction of sp³-hybridized carbons (Fsp3) is 0.333. The average Bonchev–Trinajstić information content (AvgIpc) is 3.27. The van der Waals surface area contributed by atoms with Crippen molar-refractivity contribution in [3.8, 4) is 11.1 Å². The molecule has 1 atom stereocenters. The summed E-state index contributed by atoms with van der Waals surface area (Å²) in [6, 6.07) is 15.6. The first kappa shape index (κ1) is 15.4. The molecule has 1 unspecified atom stereocenters. The summed E-state index contributed by atoms with van der Waals surface area (Å²) in [6.45, 7) is 0.229. The van der Waals surface area contributed by atoms with E-state index in [1.165, 1.54) is 16.0 Å². The Bertz CT molecular complexity index is 857. The zero-order valence-electron chi connectivity index (χ0n) is 14.2. The molecule has 4 aliphatic rings. The molecule has 2 aromatic rings. The van der Waals surface area contributed by atoms with Gasteiger partial charge in [-0.05, 0) is 41.0 Å². The molecule has 5 heteroatoms. The maximum Gasteiger partial charge on any atom is 0.410 e. The second-order valence-electron chi connectivity index (χ2n) is 7.38. The van der Waals surface area contributed by atoms with Crippen LogP contribution < -0.4 is 0 Å². The van der Waals surface area contributed by atoms with Gasteiger partial charge in [0.1, 0.15) is 12.6 Å². The van der Waals surface area contributed by atoms with Crippen LogP contribution in [0.5, 0.6) is 0 Å². The van der Waals surface area contributed by atoms with Gasteiger partial charge in [-0.1, -0.05) is 48.5 Å². The number of carboxylic acid groups (broad SMARTS) is 1. The number of hydrogen-bond donors (Lipinski definition) is 1. The van der Waals surface area contributed by atoms with Crippen molar-refractivity contribution in [1.29, 1.82) is 0 Å². The Balaban J connectivity index is 1.37. The maximum atomic E-state index is 12.6. The molecular formula is C21H19NO4. The lowest BCUT2D eigenvalue weighted by Gasteiger charge is -2.25. The molecular weight excluding hydrogens is 330 g/mol. The Morgan fingerprint density at radius 2 is 1.58 bits per heavy atom. The number of hydrogen-bond acceptors (Lipinski definition) is 3. The van der Waals surface area contributed by atoms with Gasteiger partial charge in [0.05, 0.1) is 0 Å². The summed E-state index contributed by atoms with van der Waals surface area (Å²) in [5, 5.41) is 9.42. The van der Waals surface area contributed by atoms with Gasteiger partial charge >= 0.3 is 12.1 Å². The number of amides is 1. The van der Waals surface area contributed by atoms with E-state index in [-0.39, 0.29) is 24.5 Å². The third-order valence-electron chi connectivity index (χ3n) is 6.09. The van der Waals surface area contributed by atoms with Gasteiger partial charge in [-0.3, -0.25) is 4.90 Å². The zero-order chi connectivity index (χ0) is 17.8. The number of carbonyl (C=O) groups is 2. The number of nitrogens with zero attached hydrogens (tertiary/aromatic N) is 1. The molecule has 1 N–H and O–H groups in total. The summed E-state index contributed by atoms with van der Waals surface area (Å²) < 4.78 is 5.62. The number of benzene rings is 2. The minimum absolute atomic E-state index is 0.00719. The lowest BCUT2D eigenvalue weighted by atomic mass is 9.83. The molecule has 2 bridgehead atoms. The number of carbonyl (C=O) groups excluding carboxylic acids is 1. The van der Waals surface area contributed by atoms with E-state index < -0.39 is 18.1 Å². The van der Waals surface area contributed by atoms with Gasteiger partial charge in [-0.2, -0.15) is 0 Å². The highest BCUT2D eigenvalue weighted by atomic mass is 16.6. The van der Waals surface area contributed by atoms with Gasteiger partial charge in [0.25, 0.3) is 0 Å². The van der Waals surface area contributed by atoms with Crippen molar-refractivity contribution in [3.05, 3.63) is 59.7 Å². The van der Waals surface area contributed by atoms with E-state index >= 15 is 0 Å². The van der Waals surface area contributed by atoms with Crippen LogP contribution in [-0.2, 0) is 9.53 Å². The zero-order valence-corrected chi connectivity index (χ0v) is 14.2. The van der Waals surface area contributed by atoms with Crippen molar-refractivity contribution in [2.45, 2.75) is 30.8 Å². The van der Waals surface area contributed by atoms with Gasteiger partial charge in [-0.15, -0.1) is 0 Å². The predicted molar refractivity (Wildman–Crippen MR) is 94.8 cm³/mol. The largest absolute Gasteiger partial charge is 0.480 e. The van der Waals surface area contributed by atoms with Crippen LogP contribution in [0.2, 0.25) is 0 Å². The van der Waals surface area contributed by atoms with Crippen molar-refractivity contribution >= 4 is 12.1 Å². The number of fused-ring (bicyclic) bond motifs is 4. The minimum Gasteiger partial charge on any atom is -0.480 e. The summed E-state index contributed by atoms with van der Waals surface area (Å²) in [5.74, 6) is -0.853. The molecule has 2 aromatic carbocycles. The lowest BCUT2D eigenvalue weighted by molar-refractivity contribution is -0.142. The highest BCUT2D eigenvalue weighted by Crippen LogP contribution is 2.47. The topological polar surface area (TPSA) is 66.8 Å². The molecule has 132 valence electrons. The first-order valence-corrected chi connectivity index (χ1v) is 9.01.